The van der Waals surface area contributed by atoms with Gasteiger partial charge in [0.2, 0.25) is 5.88 Å². The van der Waals surface area contributed by atoms with Crippen LogP contribution in [0.1, 0.15) is 0 Å². The molecule has 3 aromatic rings. The second-order valence-electron chi connectivity index (χ2n) is 4.22. The summed E-state index contributed by atoms with van der Waals surface area (Å²) < 4.78 is 5.78. The Balaban J connectivity index is 2.08. The Kier molecular flexibility index (Phi) is 3.38. The zero-order chi connectivity index (χ0) is 14.1. The molecule has 0 saturated carbocycles. The number of hydrogen-bond acceptors (Lipinski definition) is 3. The maximum atomic E-state index is 6.08. The van der Waals surface area contributed by atoms with Crippen molar-refractivity contribution < 1.29 is 4.74 Å². The molecule has 3 nitrogen and oxygen atoms in total. The molecule has 0 unspecified atom stereocenters. The molecule has 5 heteroatoms. The molecule has 100 valence electrons. The van der Waals surface area contributed by atoms with E-state index in [1.54, 1.807) is 0 Å². The molecule has 0 amide bonds. The zero-order valence-corrected chi connectivity index (χ0v) is 11.8. The number of pyridine rings is 1. The van der Waals surface area contributed by atoms with Gasteiger partial charge in [-0.15, -0.1) is 0 Å². The van der Waals surface area contributed by atoms with Gasteiger partial charge >= 0.3 is 0 Å². The lowest BCUT2D eigenvalue weighted by Crippen LogP contribution is -1.96. The Hall–Kier alpha value is -1.97. The van der Waals surface area contributed by atoms with E-state index in [4.69, 9.17) is 33.7 Å². The van der Waals surface area contributed by atoms with Crippen molar-refractivity contribution in [3.05, 3.63) is 58.6 Å². The van der Waals surface area contributed by atoms with Crippen LogP contribution in [0.4, 0.5) is 5.82 Å². The van der Waals surface area contributed by atoms with Crippen molar-refractivity contribution in [3.8, 4) is 11.6 Å². The minimum Gasteiger partial charge on any atom is -0.437 e. The van der Waals surface area contributed by atoms with Crippen molar-refractivity contribution in [2.45, 2.75) is 0 Å². The Morgan fingerprint density at radius 2 is 1.70 bits per heavy atom. The molecule has 2 N–H and O–H groups in total. The van der Waals surface area contributed by atoms with Crippen LogP contribution in [0, 0.1) is 0 Å². The van der Waals surface area contributed by atoms with Gasteiger partial charge in [-0.3, -0.25) is 0 Å². The van der Waals surface area contributed by atoms with Crippen molar-refractivity contribution in [2.75, 3.05) is 5.73 Å². The Morgan fingerprint density at radius 3 is 2.55 bits per heavy atom. The van der Waals surface area contributed by atoms with Crippen LogP contribution in [0.3, 0.4) is 0 Å². The first-order valence-electron chi connectivity index (χ1n) is 5.92. The number of aromatic nitrogens is 1. The second kappa shape index (κ2) is 5.19. The normalized spacial score (nSPS) is 10.7. The van der Waals surface area contributed by atoms with E-state index < -0.39 is 0 Å². The highest BCUT2D eigenvalue weighted by molar-refractivity contribution is 6.36. The van der Waals surface area contributed by atoms with E-state index in [9.17, 15) is 0 Å². The number of ether oxygens (including phenoxy) is 1. The number of halogens is 2. The van der Waals surface area contributed by atoms with Crippen LogP contribution in [0.5, 0.6) is 11.6 Å². The van der Waals surface area contributed by atoms with Crippen LogP contribution in [0.2, 0.25) is 10.0 Å². The van der Waals surface area contributed by atoms with E-state index in [1.165, 1.54) is 6.07 Å². The lowest BCUT2D eigenvalue weighted by Gasteiger charge is -2.10. The van der Waals surface area contributed by atoms with Gasteiger partial charge in [0, 0.05) is 5.39 Å². The molecular weight excluding hydrogens is 295 g/mol. The van der Waals surface area contributed by atoms with Gasteiger partial charge in [-0.05, 0) is 17.5 Å². The van der Waals surface area contributed by atoms with Gasteiger partial charge in [-0.1, -0.05) is 59.6 Å². The number of anilines is 1. The number of nitrogen functional groups attached to an aromatic ring is 1. The van der Waals surface area contributed by atoms with Crippen molar-refractivity contribution in [1.29, 1.82) is 0 Å². The van der Waals surface area contributed by atoms with E-state index in [2.05, 4.69) is 4.98 Å². The molecule has 0 atom stereocenters. The monoisotopic (exact) mass is 304 g/mol. The number of nitrogens with zero attached hydrogens (tertiary/aromatic N) is 1. The predicted octanol–water partition coefficient (Wildman–Crippen LogP) is 4.92. The van der Waals surface area contributed by atoms with Gasteiger partial charge in [0.25, 0.3) is 0 Å². The third-order valence-corrected chi connectivity index (χ3v) is 3.45. The van der Waals surface area contributed by atoms with Crippen LogP contribution in [-0.4, -0.2) is 4.98 Å². The molecule has 0 saturated heterocycles. The lowest BCUT2D eigenvalue weighted by atomic mass is 10.1. The minimum absolute atomic E-state index is 0.186. The van der Waals surface area contributed by atoms with Crippen LogP contribution in [0.15, 0.2) is 48.5 Å². The van der Waals surface area contributed by atoms with Gasteiger partial charge in [-0.25, -0.2) is 0 Å². The van der Waals surface area contributed by atoms with Gasteiger partial charge in [0.15, 0.2) is 0 Å². The molecular formula is C15H10Cl2N2O. The SMILES string of the molecule is Nc1nc(Oc2cccc3ccccc23)c(Cl)cc1Cl. The molecule has 0 aliphatic carbocycles. The number of nitrogens with two attached hydrogens (primary N) is 1. The molecule has 0 spiro atoms. The topological polar surface area (TPSA) is 48.1 Å². The molecule has 0 aliphatic heterocycles. The van der Waals surface area contributed by atoms with Gasteiger partial charge < -0.3 is 10.5 Å². The summed E-state index contributed by atoms with van der Waals surface area (Å²) in [7, 11) is 0. The summed E-state index contributed by atoms with van der Waals surface area (Å²) in [6.45, 7) is 0. The standard InChI is InChI=1S/C15H10Cl2N2O/c16-11-8-12(17)15(19-14(11)18)20-13-7-3-5-9-4-1-2-6-10(9)13/h1-8H,(H2,18,19). The average molecular weight is 305 g/mol. The molecule has 0 bridgehead atoms. The van der Waals surface area contributed by atoms with Crippen LogP contribution < -0.4 is 10.5 Å². The van der Waals surface area contributed by atoms with E-state index in [0.29, 0.717) is 15.8 Å². The first-order chi connectivity index (χ1) is 9.65. The number of rotatable bonds is 2. The van der Waals surface area contributed by atoms with E-state index in [1.807, 2.05) is 42.5 Å². The fraction of sp³-hybridized carbons (Fsp3) is 0. The molecule has 3 rings (SSSR count). The van der Waals surface area contributed by atoms with Crippen molar-refractivity contribution in [2.24, 2.45) is 0 Å². The first-order valence-corrected chi connectivity index (χ1v) is 6.68. The maximum Gasteiger partial charge on any atom is 0.240 e. The first kappa shape index (κ1) is 13.0. The van der Waals surface area contributed by atoms with Gasteiger partial charge in [0.05, 0.1) is 5.02 Å². The maximum absolute atomic E-state index is 6.08. The average Bonchev–Trinajstić information content (AvgIpc) is 2.45. The molecule has 2 aromatic carbocycles. The summed E-state index contributed by atoms with van der Waals surface area (Å²) >= 11 is 11.9. The summed E-state index contributed by atoms with van der Waals surface area (Å²) in [6.07, 6.45) is 0. The van der Waals surface area contributed by atoms with Gasteiger partial charge in [-0.2, -0.15) is 4.98 Å². The summed E-state index contributed by atoms with van der Waals surface area (Å²) in [4.78, 5) is 4.07. The summed E-state index contributed by atoms with van der Waals surface area (Å²) in [5.74, 6) is 1.09. The third kappa shape index (κ3) is 2.38. The Labute approximate surface area is 125 Å². The molecule has 1 heterocycles. The Bertz CT molecular complexity index is 785. The summed E-state index contributed by atoms with van der Waals surface area (Å²) in [5, 5.41) is 2.67. The Morgan fingerprint density at radius 1 is 0.950 bits per heavy atom. The molecule has 1 aromatic heterocycles. The minimum atomic E-state index is 0.186. The molecule has 20 heavy (non-hydrogen) atoms. The quantitative estimate of drug-likeness (QED) is 0.731. The highest BCUT2D eigenvalue weighted by Crippen LogP contribution is 2.35. The third-order valence-electron chi connectivity index (χ3n) is 2.88. The highest BCUT2D eigenvalue weighted by atomic mass is 35.5. The van der Waals surface area contributed by atoms with E-state index in [0.717, 1.165) is 10.8 Å². The van der Waals surface area contributed by atoms with Crippen molar-refractivity contribution >= 4 is 39.8 Å². The predicted molar refractivity (Wildman–Crippen MR) is 82.7 cm³/mol. The number of hydrogen-bond donors (Lipinski definition) is 1. The van der Waals surface area contributed by atoms with Gasteiger partial charge in [0.1, 0.15) is 16.6 Å². The fourth-order valence-corrected chi connectivity index (χ4v) is 2.32. The largest absolute Gasteiger partial charge is 0.437 e. The molecule has 0 fully saturated rings. The highest BCUT2D eigenvalue weighted by Gasteiger charge is 2.11. The zero-order valence-electron chi connectivity index (χ0n) is 10.3. The fourth-order valence-electron chi connectivity index (χ4n) is 1.92. The van der Waals surface area contributed by atoms with Crippen LogP contribution >= 0.6 is 23.2 Å². The lowest BCUT2D eigenvalue weighted by molar-refractivity contribution is 0.469. The number of fused-ring (bicyclic) bond motifs is 1. The second-order valence-corrected chi connectivity index (χ2v) is 5.04. The molecule has 0 radical (unpaired) electrons. The van der Waals surface area contributed by atoms with E-state index >= 15 is 0 Å². The summed E-state index contributed by atoms with van der Waals surface area (Å²) in [5.41, 5.74) is 5.67. The summed E-state index contributed by atoms with van der Waals surface area (Å²) in [6, 6.07) is 15.2. The smallest absolute Gasteiger partial charge is 0.240 e. The number of benzene rings is 2. The van der Waals surface area contributed by atoms with Crippen molar-refractivity contribution in [3.63, 3.8) is 0 Å². The van der Waals surface area contributed by atoms with E-state index in [-0.39, 0.29) is 11.7 Å². The van der Waals surface area contributed by atoms with Crippen molar-refractivity contribution in [1.82, 2.24) is 4.98 Å². The molecule has 0 aliphatic rings. The van der Waals surface area contributed by atoms with Crippen LogP contribution in [0.25, 0.3) is 10.8 Å². The van der Waals surface area contributed by atoms with Crippen LogP contribution in [-0.2, 0) is 0 Å².